The minimum absolute atomic E-state index is 0.453. The van der Waals surface area contributed by atoms with Crippen LogP contribution in [0.3, 0.4) is 0 Å². The van der Waals surface area contributed by atoms with E-state index in [1.807, 2.05) is 6.92 Å². The zero-order valence-electron chi connectivity index (χ0n) is 12.9. The van der Waals surface area contributed by atoms with E-state index in [1.165, 1.54) is 0 Å². The lowest BCUT2D eigenvalue weighted by Crippen LogP contribution is -1.94. The van der Waals surface area contributed by atoms with Crippen molar-refractivity contribution in [3.8, 4) is 11.5 Å². The Balaban J connectivity index is 2.07. The molecule has 0 unspecified atom stereocenters. The lowest BCUT2D eigenvalue weighted by Gasteiger charge is -2.04. The molecule has 5 nitrogen and oxygen atoms in total. The molecule has 0 aliphatic rings. The van der Waals surface area contributed by atoms with Crippen molar-refractivity contribution in [3.05, 3.63) is 53.7 Å². The molecule has 0 bridgehead atoms. The minimum atomic E-state index is 0.453. The van der Waals surface area contributed by atoms with Gasteiger partial charge in [0.05, 0.1) is 13.2 Å². The van der Waals surface area contributed by atoms with Crippen LogP contribution in [0.2, 0.25) is 0 Å². The number of nitrogens with zero attached hydrogens (tertiary/aromatic N) is 2. The zero-order chi connectivity index (χ0) is 15.8. The highest BCUT2D eigenvalue weighted by molar-refractivity contribution is 5.41. The SMILES string of the molecule is CCCOc1ccc(N=[N+]([O-])c2ccc(OCC)cc2)cc1. The first-order valence-corrected chi connectivity index (χ1v) is 7.37. The summed E-state index contributed by atoms with van der Waals surface area (Å²) in [7, 11) is 0. The fraction of sp³-hybridized carbons (Fsp3) is 0.294. The van der Waals surface area contributed by atoms with Gasteiger partial charge < -0.3 is 14.7 Å². The molecule has 5 heteroatoms. The molecule has 2 rings (SSSR count). The van der Waals surface area contributed by atoms with Crippen LogP contribution in [0.4, 0.5) is 11.4 Å². The summed E-state index contributed by atoms with van der Waals surface area (Å²) in [6.45, 7) is 5.24. The topological polar surface area (TPSA) is 56.9 Å². The lowest BCUT2D eigenvalue weighted by molar-refractivity contribution is -0.435. The van der Waals surface area contributed by atoms with E-state index in [0.29, 0.717) is 29.4 Å². The van der Waals surface area contributed by atoms with Crippen LogP contribution in [-0.2, 0) is 0 Å². The summed E-state index contributed by atoms with van der Waals surface area (Å²) in [5.74, 6) is 1.51. The van der Waals surface area contributed by atoms with Crippen molar-refractivity contribution in [2.45, 2.75) is 20.3 Å². The van der Waals surface area contributed by atoms with Crippen LogP contribution < -0.4 is 9.47 Å². The highest BCUT2D eigenvalue weighted by Gasteiger charge is 2.05. The lowest BCUT2D eigenvalue weighted by atomic mass is 10.3. The predicted octanol–water partition coefficient (Wildman–Crippen LogP) is 4.80. The first kappa shape index (κ1) is 15.8. The number of rotatable bonds is 7. The second kappa shape index (κ2) is 8.02. The zero-order valence-corrected chi connectivity index (χ0v) is 12.9. The molecule has 116 valence electrons. The second-order valence-corrected chi connectivity index (χ2v) is 4.64. The van der Waals surface area contributed by atoms with E-state index in [2.05, 4.69) is 12.0 Å². The van der Waals surface area contributed by atoms with Crippen molar-refractivity contribution in [2.24, 2.45) is 5.11 Å². The van der Waals surface area contributed by atoms with Gasteiger partial charge in [-0.2, -0.15) is 0 Å². The van der Waals surface area contributed by atoms with E-state index in [4.69, 9.17) is 9.47 Å². The summed E-state index contributed by atoms with van der Waals surface area (Å²) in [6, 6.07) is 14.0. The molecule has 0 amide bonds. The molecular formula is C17H20N2O3. The molecule has 0 aliphatic carbocycles. The van der Waals surface area contributed by atoms with Crippen molar-refractivity contribution >= 4 is 11.4 Å². The summed E-state index contributed by atoms with van der Waals surface area (Å²) >= 11 is 0. The molecule has 0 aliphatic heterocycles. The average molecular weight is 300 g/mol. The number of azo groups is 1. The van der Waals surface area contributed by atoms with Crippen LogP contribution in [0.5, 0.6) is 11.5 Å². The smallest absolute Gasteiger partial charge is 0.245 e. The quantitative estimate of drug-likeness (QED) is 0.419. The molecule has 0 heterocycles. The normalized spacial score (nSPS) is 11.3. The van der Waals surface area contributed by atoms with E-state index in [-0.39, 0.29) is 0 Å². The number of hydrogen-bond acceptors (Lipinski definition) is 4. The van der Waals surface area contributed by atoms with Gasteiger partial charge in [-0.05, 0) is 49.7 Å². The third-order valence-electron chi connectivity index (χ3n) is 2.88. The summed E-state index contributed by atoms with van der Waals surface area (Å²) < 4.78 is 10.8. The highest BCUT2D eigenvalue weighted by Crippen LogP contribution is 2.22. The Morgan fingerprint density at radius 3 is 2.09 bits per heavy atom. The van der Waals surface area contributed by atoms with Crippen molar-refractivity contribution < 1.29 is 14.3 Å². The Bertz CT molecular complexity index is 607. The van der Waals surface area contributed by atoms with Gasteiger partial charge in [-0.15, -0.1) is 0 Å². The van der Waals surface area contributed by atoms with E-state index < -0.39 is 0 Å². The molecule has 0 N–H and O–H groups in total. The van der Waals surface area contributed by atoms with Gasteiger partial charge in [0.1, 0.15) is 17.2 Å². The molecule has 2 aromatic carbocycles. The second-order valence-electron chi connectivity index (χ2n) is 4.64. The van der Waals surface area contributed by atoms with Gasteiger partial charge in [0.15, 0.2) is 0 Å². The van der Waals surface area contributed by atoms with Crippen LogP contribution in [0, 0.1) is 5.21 Å². The van der Waals surface area contributed by atoms with Gasteiger partial charge in [-0.25, -0.2) is 0 Å². The molecule has 0 fully saturated rings. The van der Waals surface area contributed by atoms with Crippen molar-refractivity contribution in [2.75, 3.05) is 13.2 Å². The third kappa shape index (κ3) is 4.48. The first-order valence-electron chi connectivity index (χ1n) is 7.37. The molecule has 0 atom stereocenters. The van der Waals surface area contributed by atoms with E-state index >= 15 is 0 Å². The molecule has 0 aromatic heterocycles. The average Bonchev–Trinajstić information content (AvgIpc) is 2.55. The molecule has 0 radical (unpaired) electrons. The van der Waals surface area contributed by atoms with Gasteiger partial charge in [-0.3, -0.25) is 0 Å². The van der Waals surface area contributed by atoms with Gasteiger partial charge >= 0.3 is 0 Å². The van der Waals surface area contributed by atoms with Crippen LogP contribution in [0.1, 0.15) is 20.3 Å². The van der Waals surface area contributed by atoms with Crippen LogP contribution in [-0.4, -0.2) is 18.1 Å². The minimum Gasteiger partial charge on any atom is -0.594 e. The first-order chi connectivity index (χ1) is 10.7. The van der Waals surface area contributed by atoms with Crippen molar-refractivity contribution in [1.29, 1.82) is 0 Å². The van der Waals surface area contributed by atoms with E-state index in [0.717, 1.165) is 17.9 Å². The maximum atomic E-state index is 12.0. The maximum Gasteiger partial charge on any atom is 0.245 e. The standard InChI is InChI=1S/C17H20N2O3/c1-3-13-22-17-9-5-14(6-10-17)18-19(20)15-7-11-16(12-8-15)21-4-2/h5-12H,3-4,13H2,1-2H3. The number of hydrogen-bond donors (Lipinski definition) is 0. The molecule has 0 saturated carbocycles. The fourth-order valence-corrected chi connectivity index (χ4v) is 1.83. The van der Waals surface area contributed by atoms with Gasteiger partial charge in [-0.1, -0.05) is 11.8 Å². The summed E-state index contributed by atoms with van der Waals surface area (Å²) in [5.41, 5.74) is 1.03. The van der Waals surface area contributed by atoms with Crippen LogP contribution in [0.25, 0.3) is 0 Å². The molecule has 22 heavy (non-hydrogen) atoms. The Labute approximate surface area is 130 Å². The molecule has 0 saturated heterocycles. The maximum absolute atomic E-state index is 12.0. The van der Waals surface area contributed by atoms with Crippen molar-refractivity contribution in [3.63, 3.8) is 0 Å². The van der Waals surface area contributed by atoms with Crippen molar-refractivity contribution in [1.82, 2.24) is 0 Å². The Morgan fingerprint density at radius 2 is 1.50 bits per heavy atom. The molecular weight excluding hydrogens is 280 g/mol. The monoisotopic (exact) mass is 300 g/mol. The van der Waals surface area contributed by atoms with Crippen LogP contribution >= 0.6 is 0 Å². The predicted molar refractivity (Wildman–Crippen MR) is 85.2 cm³/mol. The summed E-state index contributed by atoms with van der Waals surface area (Å²) in [6.07, 6.45) is 0.957. The summed E-state index contributed by atoms with van der Waals surface area (Å²) in [4.78, 5) is 0.595. The van der Waals surface area contributed by atoms with E-state index in [9.17, 15) is 5.21 Å². The Hall–Kier alpha value is -2.56. The Kier molecular flexibility index (Phi) is 5.77. The summed E-state index contributed by atoms with van der Waals surface area (Å²) in [5, 5.41) is 16.0. The van der Waals surface area contributed by atoms with Gasteiger partial charge in [0.2, 0.25) is 5.69 Å². The number of benzene rings is 2. The third-order valence-corrected chi connectivity index (χ3v) is 2.88. The van der Waals surface area contributed by atoms with E-state index in [1.54, 1.807) is 48.5 Å². The molecule has 0 spiro atoms. The van der Waals surface area contributed by atoms with Gasteiger partial charge in [0, 0.05) is 17.2 Å². The fourth-order valence-electron chi connectivity index (χ4n) is 1.83. The highest BCUT2D eigenvalue weighted by atomic mass is 16.5. The Morgan fingerprint density at radius 1 is 0.909 bits per heavy atom. The molecule has 2 aromatic rings. The largest absolute Gasteiger partial charge is 0.594 e. The van der Waals surface area contributed by atoms with Crippen LogP contribution in [0.15, 0.2) is 53.6 Å². The van der Waals surface area contributed by atoms with Gasteiger partial charge in [0.25, 0.3) is 0 Å². The number of ether oxygens (including phenoxy) is 2.